The number of aromatic nitrogens is 5. The van der Waals surface area contributed by atoms with Gasteiger partial charge in [0.25, 0.3) is 5.89 Å². The maximum Gasteiger partial charge on any atom is 0.295 e. The Labute approximate surface area is 96.2 Å². The van der Waals surface area contributed by atoms with Crippen LogP contribution in [0, 0.1) is 0 Å². The monoisotopic (exact) mass is 240 g/mol. The number of anilines is 1. The van der Waals surface area contributed by atoms with Crippen LogP contribution in [0.25, 0.3) is 11.7 Å². The van der Waals surface area contributed by atoms with E-state index in [-0.39, 0.29) is 5.95 Å². The van der Waals surface area contributed by atoms with Gasteiger partial charge in [-0.2, -0.15) is 21.7 Å². The lowest BCUT2D eigenvalue weighted by Gasteiger charge is -1.91. The summed E-state index contributed by atoms with van der Waals surface area (Å²) in [6.45, 7) is 2.13. The first kappa shape index (κ1) is 10.9. The number of H-pyrrole nitrogens is 1. The first-order valence-corrected chi connectivity index (χ1v) is 6.03. The Morgan fingerprint density at radius 2 is 2.31 bits per heavy atom. The molecule has 0 spiro atoms. The van der Waals surface area contributed by atoms with E-state index in [0.717, 1.165) is 17.9 Å². The number of nitrogens with one attached hydrogen (secondary N) is 1. The predicted octanol–water partition coefficient (Wildman–Crippen LogP) is 1.08. The number of rotatable bonds is 5. The average molecular weight is 240 g/mol. The molecular formula is C8H12N6OS. The zero-order valence-corrected chi connectivity index (χ0v) is 9.62. The zero-order valence-electron chi connectivity index (χ0n) is 8.80. The third-order valence-electron chi connectivity index (χ3n) is 1.75. The maximum absolute atomic E-state index is 5.37. The summed E-state index contributed by atoms with van der Waals surface area (Å²) >= 11 is 1.76. The molecule has 7 nitrogen and oxygen atoms in total. The number of nitrogens with zero attached hydrogens (tertiary/aromatic N) is 4. The van der Waals surface area contributed by atoms with Gasteiger partial charge in [-0.3, -0.25) is 5.10 Å². The first-order valence-electron chi connectivity index (χ1n) is 4.88. The maximum atomic E-state index is 5.37. The molecule has 16 heavy (non-hydrogen) atoms. The molecule has 0 aliphatic heterocycles. The standard InChI is InChI=1S/C8H12N6OS/c1-2-3-16-4-5-10-7(15-14-5)6-11-8(9)13-12-6/h2-4H2,1H3,(H3,9,11,12,13). The highest BCUT2D eigenvalue weighted by Gasteiger charge is 2.12. The van der Waals surface area contributed by atoms with E-state index in [4.69, 9.17) is 10.3 Å². The van der Waals surface area contributed by atoms with Crippen LogP contribution in [-0.2, 0) is 5.75 Å². The van der Waals surface area contributed by atoms with Crippen molar-refractivity contribution in [3.05, 3.63) is 5.82 Å². The summed E-state index contributed by atoms with van der Waals surface area (Å²) in [5, 5.41) is 10.1. The summed E-state index contributed by atoms with van der Waals surface area (Å²) in [6, 6.07) is 0. The van der Waals surface area contributed by atoms with Gasteiger partial charge in [0.15, 0.2) is 5.82 Å². The SMILES string of the molecule is CCCSCc1noc(-c2nc(N)n[nH]2)n1. The minimum Gasteiger partial charge on any atom is -0.366 e. The molecule has 0 aliphatic rings. The fourth-order valence-electron chi connectivity index (χ4n) is 1.09. The van der Waals surface area contributed by atoms with Gasteiger partial charge in [-0.15, -0.1) is 5.10 Å². The van der Waals surface area contributed by atoms with Gasteiger partial charge in [-0.1, -0.05) is 12.1 Å². The van der Waals surface area contributed by atoms with E-state index in [1.54, 1.807) is 11.8 Å². The summed E-state index contributed by atoms with van der Waals surface area (Å²) in [5.74, 6) is 3.35. The molecule has 0 radical (unpaired) electrons. The van der Waals surface area contributed by atoms with Crippen LogP contribution < -0.4 is 5.73 Å². The van der Waals surface area contributed by atoms with Crippen molar-refractivity contribution in [2.45, 2.75) is 19.1 Å². The van der Waals surface area contributed by atoms with Crippen molar-refractivity contribution in [3.8, 4) is 11.7 Å². The molecule has 86 valence electrons. The largest absolute Gasteiger partial charge is 0.366 e. The second-order valence-electron chi connectivity index (χ2n) is 3.11. The van der Waals surface area contributed by atoms with Gasteiger partial charge in [0.05, 0.1) is 5.75 Å². The molecule has 0 saturated heterocycles. The van der Waals surface area contributed by atoms with E-state index in [2.05, 4.69) is 32.2 Å². The molecule has 0 aliphatic carbocycles. The van der Waals surface area contributed by atoms with Crippen molar-refractivity contribution in [2.75, 3.05) is 11.5 Å². The van der Waals surface area contributed by atoms with Crippen molar-refractivity contribution in [3.63, 3.8) is 0 Å². The number of nitrogen functional groups attached to an aromatic ring is 1. The fourth-order valence-corrected chi connectivity index (χ4v) is 1.82. The summed E-state index contributed by atoms with van der Waals surface area (Å²) in [5.41, 5.74) is 5.37. The quantitative estimate of drug-likeness (QED) is 0.753. The lowest BCUT2D eigenvalue weighted by atomic mass is 10.6. The van der Waals surface area contributed by atoms with Crippen LogP contribution in [0.2, 0.25) is 0 Å². The topological polar surface area (TPSA) is 107 Å². The predicted molar refractivity (Wildman–Crippen MR) is 60.5 cm³/mol. The molecule has 8 heteroatoms. The summed E-state index contributed by atoms with van der Waals surface area (Å²) < 4.78 is 5.03. The van der Waals surface area contributed by atoms with Crippen LogP contribution >= 0.6 is 11.8 Å². The average Bonchev–Trinajstić information content (AvgIpc) is 2.87. The van der Waals surface area contributed by atoms with Crippen molar-refractivity contribution in [1.82, 2.24) is 25.3 Å². The Kier molecular flexibility index (Phi) is 3.40. The van der Waals surface area contributed by atoms with Gasteiger partial charge in [-0.05, 0) is 12.2 Å². The Balaban J connectivity index is 2.02. The van der Waals surface area contributed by atoms with Crippen LogP contribution in [0.1, 0.15) is 19.2 Å². The number of nitrogens with two attached hydrogens (primary N) is 1. The van der Waals surface area contributed by atoms with E-state index in [1.807, 2.05) is 0 Å². The van der Waals surface area contributed by atoms with Crippen LogP contribution in [0.3, 0.4) is 0 Å². The molecule has 2 rings (SSSR count). The van der Waals surface area contributed by atoms with E-state index in [9.17, 15) is 0 Å². The Bertz CT molecular complexity index is 453. The first-order chi connectivity index (χ1) is 7.79. The Morgan fingerprint density at radius 3 is 3.00 bits per heavy atom. The molecule has 0 aromatic carbocycles. The second-order valence-corrected chi connectivity index (χ2v) is 4.22. The van der Waals surface area contributed by atoms with Gasteiger partial charge >= 0.3 is 0 Å². The second kappa shape index (κ2) is 4.97. The third kappa shape index (κ3) is 2.51. The van der Waals surface area contributed by atoms with E-state index < -0.39 is 0 Å². The van der Waals surface area contributed by atoms with E-state index in [0.29, 0.717) is 17.5 Å². The minimum absolute atomic E-state index is 0.162. The lowest BCUT2D eigenvalue weighted by Crippen LogP contribution is -1.87. The van der Waals surface area contributed by atoms with Gasteiger partial charge in [0, 0.05) is 0 Å². The van der Waals surface area contributed by atoms with E-state index in [1.165, 1.54) is 0 Å². The molecule has 0 bridgehead atoms. The number of hydrogen-bond acceptors (Lipinski definition) is 7. The molecule has 0 atom stereocenters. The summed E-state index contributed by atoms with van der Waals surface area (Å²) in [4.78, 5) is 8.08. The van der Waals surface area contributed by atoms with E-state index >= 15 is 0 Å². The fraction of sp³-hybridized carbons (Fsp3) is 0.500. The van der Waals surface area contributed by atoms with Crippen molar-refractivity contribution in [2.24, 2.45) is 0 Å². The molecule has 0 amide bonds. The van der Waals surface area contributed by atoms with Crippen molar-refractivity contribution >= 4 is 17.7 Å². The molecule has 2 aromatic rings. The molecule has 0 unspecified atom stereocenters. The Hall–Kier alpha value is -1.57. The smallest absolute Gasteiger partial charge is 0.295 e. The molecule has 0 fully saturated rings. The normalized spacial score (nSPS) is 10.8. The number of aromatic amines is 1. The van der Waals surface area contributed by atoms with Crippen LogP contribution in [0.5, 0.6) is 0 Å². The van der Waals surface area contributed by atoms with Crippen molar-refractivity contribution < 1.29 is 4.52 Å². The summed E-state index contributed by atoms with van der Waals surface area (Å²) in [6.07, 6.45) is 1.13. The highest BCUT2D eigenvalue weighted by atomic mass is 32.2. The van der Waals surface area contributed by atoms with Gasteiger partial charge in [0.1, 0.15) is 0 Å². The molecule has 2 heterocycles. The molecule has 2 aromatic heterocycles. The van der Waals surface area contributed by atoms with Crippen molar-refractivity contribution in [1.29, 1.82) is 0 Å². The molecule has 0 saturated carbocycles. The highest BCUT2D eigenvalue weighted by Crippen LogP contribution is 2.15. The lowest BCUT2D eigenvalue weighted by molar-refractivity contribution is 0.422. The zero-order chi connectivity index (χ0) is 11.4. The van der Waals surface area contributed by atoms with Crippen LogP contribution in [-0.4, -0.2) is 31.1 Å². The number of thioether (sulfide) groups is 1. The van der Waals surface area contributed by atoms with Gasteiger partial charge in [-0.25, -0.2) is 0 Å². The third-order valence-corrected chi connectivity index (χ3v) is 2.91. The Morgan fingerprint density at radius 1 is 1.44 bits per heavy atom. The molecule has 3 N–H and O–H groups in total. The highest BCUT2D eigenvalue weighted by molar-refractivity contribution is 7.98. The number of hydrogen-bond donors (Lipinski definition) is 2. The van der Waals surface area contributed by atoms with Crippen LogP contribution in [0.15, 0.2) is 4.52 Å². The molecular weight excluding hydrogens is 228 g/mol. The van der Waals surface area contributed by atoms with Gasteiger partial charge in [0.2, 0.25) is 11.8 Å². The summed E-state index contributed by atoms with van der Waals surface area (Å²) in [7, 11) is 0. The van der Waals surface area contributed by atoms with Crippen LogP contribution in [0.4, 0.5) is 5.95 Å². The minimum atomic E-state index is 0.162. The van der Waals surface area contributed by atoms with Gasteiger partial charge < -0.3 is 10.3 Å².